The van der Waals surface area contributed by atoms with E-state index >= 15 is 0 Å². The van der Waals surface area contributed by atoms with Crippen molar-refractivity contribution in [3.8, 4) is 0 Å². The number of aromatic nitrogens is 1. The molecule has 1 N–H and O–H groups in total. The van der Waals surface area contributed by atoms with Gasteiger partial charge in [0.1, 0.15) is 11.6 Å². The van der Waals surface area contributed by atoms with Crippen LogP contribution in [0.1, 0.15) is 43.9 Å². The fourth-order valence-electron chi connectivity index (χ4n) is 2.55. The summed E-state index contributed by atoms with van der Waals surface area (Å²) in [6.07, 6.45) is 6.08. The Kier molecular flexibility index (Phi) is 5.51. The Morgan fingerprint density at radius 2 is 2.00 bits per heavy atom. The Hall–Kier alpha value is -1.68. The molecule has 0 saturated heterocycles. The largest absolute Gasteiger partial charge is 0.349 e. The normalized spacial score (nSPS) is 12.6. The monoisotopic (exact) mass is 292 g/mol. The van der Waals surface area contributed by atoms with Gasteiger partial charge in [-0.3, -0.25) is 0 Å². The van der Waals surface area contributed by atoms with Crippen LogP contribution in [0.2, 0.25) is 0 Å². The second kappa shape index (κ2) is 7.36. The molecule has 2 rings (SSSR count). The maximum absolute atomic E-state index is 13.7. The van der Waals surface area contributed by atoms with Crippen molar-refractivity contribution in [2.75, 3.05) is 6.54 Å². The molecule has 0 bridgehead atoms. The molecule has 0 fully saturated rings. The SMILES string of the molecule is CCCC(NCC)c1ccn(Cc2cc(F)ccc2F)c1. The number of benzene rings is 1. The molecular formula is C17H22F2N2. The van der Waals surface area contributed by atoms with Crippen molar-refractivity contribution in [2.24, 2.45) is 0 Å². The standard InChI is InChI=1S/C17H22F2N2/c1-3-5-17(20-4-2)13-8-9-21(11-13)12-14-10-15(18)6-7-16(14)19/h6-11,17,20H,3-5,12H2,1-2H3. The summed E-state index contributed by atoms with van der Waals surface area (Å²) in [4.78, 5) is 0. The van der Waals surface area contributed by atoms with Gasteiger partial charge in [0, 0.05) is 30.5 Å². The van der Waals surface area contributed by atoms with Gasteiger partial charge in [0.2, 0.25) is 0 Å². The molecule has 1 aromatic heterocycles. The summed E-state index contributed by atoms with van der Waals surface area (Å²) in [5, 5.41) is 3.45. The van der Waals surface area contributed by atoms with Crippen LogP contribution in [0.25, 0.3) is 0 Å². The third kappa shape index (κ3) is 4.14. The Bertz CT molecular complexity index is 572. The van der Waals surface area contributed by atoms with Crippen LogP contribution in [0.3, 0.4) is 0 Å². The van der Waals surface area contributed by atoms with Gasteiger partial charge in [-0.2, -0.15) is 0 Å². The quantitative estimate of drug-likeness (QED) is 0.806. The Morgan fingerprint density at radius 3 is 2.71 bits per heavy atom. The highest BCUT2D eigenvalue weighted by atomic mass is 19.1. The summed E-state index contributed by atoms with van der Waals surface area (Å²) in [6.45, 7) is 5.49. The van der Waals surface area contributed by atoms with E-state index in [0.29, 0.717) is 18.2 Å². The molecule has 1 heterocycles. The molecular weight excluding hydrogens is 270 g/mol. The fraction of sp³-hybridized carbons (Fsp3) is 0.412. The Balaban J connectivity index is 2.13. The predicted octanol–water partition coefficient (Wildman–Crippen LogP) is 4.27. The maximum Gasteiger partial charge on any atom is 0.128 e. The van der Waals surface area contributed by atoms with Gasteiger partial charge in [-0.25, -0.2) is 8.78 Å². The van der Waals surface area contributed by atoms with Gasteiger partial charge in [0.05, 0.1) is 0 Å². The van der Waals surface area contributed by atoms with Crippen LogP contribution in [0.15, 0.2) is 36.7 Å². The van der Waals surface area contributed by atoms with Crippen LogP contribution in [0.4, 0.5) is 8.78 Å². The third-order valence-electron chi connectivity index (χ3n) is 3.56. The van der Waals surface area contributed by atoms with Crippen LogP contribution >= 0.6 is 0 Å². The van der Waals surface area contributed by atoms with E-state index in [9.17, 15) is 8.78 Å². The van der Waals surface area contributed by atoms with E-state index in [2.05, 4.69) is 19.2 Å². The van der Waals surface area contributed by atoms with E-state index in [1.54, 1.807) is 0 Å². The second-order valence-corrected chi connectivity index (χ2v) is 5.25. The zero-order chi connectivity index (χ0) is 15.2. The number of nitrogens with one attached hydrogen (secondary N) is 1. The van der Waals surface area contributed by atoms with Gasteiger partial charge in [-0.1, -0.05) is 20.3 Å². The summed E-state index contributed by atoms with van der Waals surface area (Å²) in [7, 11) is 0. The van der Waals surface area contributed by atoms with Crippen LogP contribution < -0.4 is 5.32 Å². The Morgan fingerprint density at radius 1 is 1.19 bits per heavy atom. The summed E-state index contributed by atoms with van der Waals surface area (Å²) >= 11 is 0. The second-order valence-electron chi connectivity index (χ2n) is 5.25. The first kappa shape index (κ1) is 15.7. The van der Waals surface area contributed by atoms with Gasteiger partial charge in [0.25, 0.3) is 0 Å². The number of hydrogen-bond donors (Lipinski definition) is 1. The van der Waals surface area contributed by atoms with Crippen molar-refractivity contribution in [3.05, 3.63) is 59.4 Å². The zero-order valence-corrected chi connectivity index (χ0v) is 12.6. The molecule has 2 aromatic rings. The third-order valence-corrected chi connectivity index (χ3v) is 3.56. The van der Waals surface area contributed by atoms with E-state index in [-0.39, 0.29) is 5.82 Å². The van der Waals surface area contributed by atoms with Crippen molar-refractivity contribution in [1.82, 2.24) is 9.88 Å². The zero-order valence-electron chi connectivity index (χ0n) is 12.6. The van der Waals surface area contributed by atoms with Gasteiger partial charge < -0.3 is 9.88 Å². The highest BCUT2D eigenvalue weighted by Gasteiger charge is 2.11. The average molecular weight is 292 g/mol. The highest BCUT2D eigenvalue weighted by Crippen LogP contribution is 2.20. The van der Waals surface area contributed by atoms with Crippen LogP contribution in [-0.2, 0) is 6.54 Å². The maximum atomic E-state index is 13.7. The molecule has 4 heteroatoms. The van der Waals surface area contributed by atoms with E-state index in [1.807, 2.05) is 23.0 Å². The summed E-state index contributed by atoms with van der Waals surface area (Å²) in [5.74, 6) is -0.779. The molecule has 1 atom stereocenters. The van der Waals surface area contributed by atoms with E-state index in [1.165, 1.54) is 17.7 Å². The van der Waals surface area contributed by atoms with Gasteiger partial charge in [-0.05, 0) is 42.8 Å². The molecule has 0 saturated carbocycles. The number of rotatable bonds is 7. The summed E-state index contributed by atoms with van der Waals surface area (Å²) in [6, 6.07) is 5.93. The predicted molar refractivity (Wildman–Crippen MR) is 81.2 cm³/mol. The lowest BCUT2D eigenvalue weighted by Crippen LogP contribution is -2.20. The Labute approximate surface area is 124 Å². The molecule has 0 aliphatic heterocycles. The first-order chi connectivity index (χ1) is 10.1. The number of halogens is 2. The van der Waals surface area contributed by atoms with Crippen molar-refractivity contribution >= 4 is 0 Å². The van der Waals surface area contributed by atoms with Gasteiger partial charge in [-0.15, -0.1) is 0 Å². The molecule has 0 aliphatic rings. The molecule has 21 heavy (non-hydrogen) atoms. The lowest BCUT2D eigenvalue weighted by Gasteiger charge is -2.15. The fourth-order valence-corrected chi connectivity index (χ4v) is 2.55. The van der Waals surface area contributed by atoms with Crippen molar-refractivity contribution in [3.63, 3.8) is 0 Å². The average Bonchev–Trinajstić information content (AvgIpc) is 2.91. The van der Waals surface area contributed by atoms with Crippen molar-refractivity contribution in [2.45, 2.75) is 39.3 Å². The molecule has 0 amide bonds. The van der Waals surface area contributed by atoms with E-state index in [0.717, 1.165) is 25.5 Å². The first-order valence-corrected chi connectivity index (χ1v) is 7.47. The van der Waals surface area contributed by atoms with Crippen molar-refractivity contribution in [1.29, 1.82) is 0 Å². The summed E-state index contributed by atoms with van der Waals surface area (Å²) < 4.78 is 28.8. The van der Waals surface area contributed by atoms with Gasteiger partial charge in [0.15, 0.2) is 0 Å². The number of nitrogens with zero attached hydrogens (tertiary/aromatic N) is 1. The molecule has 2 nitrogen and oxygen atoms in total. The van der Waals surface area contributed by atoms with Crippen molar-refractivity contribution < 1.29 is 8.78 Å². The lowest BCUT2D eigenvalue weighted by molar-refractivity contribution is 0.508. The van der Waals surface area contributed by atoms with Crippen LogP contribution in [0.5, 0.6) is 0 Å². The molecule has 0 spiro atoms. The smallest absolute Gasteiger partial charge is 0.128 e. The lowest BCUT2D eigenvalue weighted by atomic mass is 10.1. The van der Waals surface area contributed by atoms with Crippen LogP contribution in [-0.4, -0.2) is 11.1 Å². The molecule has 1 aromatic carbocycles. The molecule has 1 unspecified atom stereocenters. The molecule has 0 aliphatic carbocycles. The van der Waals surface area contributed by atoms with E-state index < -0.39 is 5.82 Å². The topological polar surface area (TPSA) is 17.0 Å². The minimum absolute atomic E-state index is 0.318. The number of hydrogen-bond acceptors (Lipinski definition) is 1. The minimum Gasteiger partial charge on any atom is -0.349 e. The minimum atomic E-state index is -0.407. The summed E-state index contributed by atoms with van der Waals surface area (Å²) in [5.41, 5.74) is 1.56. The van der Waals surface area contributed by atoms with Gasteiger partial charge >= 0.3 is 0 Å². The molecule has 114 valence electrons. The highest BCUT2D eigenvalue weighted by molar-refractivity contribution is 5.21. The van der Waals surface area contributed by atoms with E-state index in [4.69, 9.17) is 0 Å². The first-order valence-electron chi connectivity index (χ1n) is 7.47. The van der Waals surface area contributed by atoms with Crippen LogP contribution in [0, 0.1) is 11.6 Å². The molecule has 0 radical (unpaired) electrons.